The molecule has 0 bridgehead atoms. The number of benzene rings is 1. The van der Waals surface area contributed by atoms with Gasteiger partial charge in [0.25, 0.3) is 5.91 Å². The van der Waals surface area contributed by atoms with Crippen molar-refractivity contribution in [1.82, 2.24) is 5.43 Å². The maximum absolute atomic E-state index is 11.4. The zero-order valence-electron chi connectivity index (χ0n) is 8.00. The van der Waals surface area contributed by atoms with E-state index < -0.39 is 0 Å². The lowest BCUT2D eigenvalue weighted by atomic mass is 10.2. The number of aryl methyl sites for hydroxylation is 1. The Hall–Kier alpha value is -1.10. The number of rotatable bonds is 1. The molecule has 3 nitrogen and oxygen atoms in total. The Labute approximate surface area is 95.8 Å². The van der Waals surface area contributed by atoms with Crippen LogP contribution in [0.2, 0.25) is 5.02 Å². The van der Waals surface area contributed by atoms with E-state index in [9.17, 15) is 4.79 Å². The van der Waals surface area contributed by atoms with Gasteiger partial charge in [0, 0.05) is 10.1 Å². The number of fused-ring (bicyclic) bond motifs is 1. The molecule has 1 heterocycles. The predicted octanol–water partition coefficient (Wildman–Crippen LogP) is 2.47. The molecule has 15 heavy (non-hydrogen) atoms. The van der Waals surface area contributed by atoms with Gasteiger partial charge in [0.15, 0.2) is 0 Å². The van der Waals surface area contributed by atoms with Crippen LogP contribution in [0, 0.1) is 6.92 Å². The van der Waals surface area contributed by atoms with Crippen LogP contribution in [0.15, 0.2) is 18.2 Å². The standard InChI is InChI=1S/C10H9ClN2OS/c1-5-2-3-6-7(4-5)15-9(8(6)11)10(14)13-12/h2-4H,12H2,1H3,(H,13,14). The van der Waals surface area contributed by atoms with Crippen molar-refractivity contribution in [3.63, 3.8) is 0 Å². The van der Waals surface area contributed by atoms with Crippen LogP contribution in [0.1, 0.15) is 15.2 Å². The molecule has 0 saturated heterocycles. The Morgan fingerprint density at radius 3 is 2.93 bits per heavy atom. The monoisotopic (exact) mass is 240 g/mol. The van der Waals surface area contributed by atoms with Crippen LogP contribution >= 0.6 is 22.9 Å². The highest BCUT2D eigenvalue weighted by Crippen LogP contribution is 2.35. The summed E-state index contributed by atoms with van der Waals surface area (Å²) in [6.07, 6.45) is 0. The minimum absolute atomic E-state index is 0.348. The fraction of sp³-hybridized carbons (Fsp3) is 0.100. The molecule has 1 aromatic carbocycles. The van der Waals surface area contributed by atoms with Crippen LogP contribution in [-0.4, -0.2) is 5.91 Å². The Bertz CT molecular complexity index is 535. The lowest BCUT2D eigenvalue weighted by Crippen LogP contribution is -2.29. The van der Waals surface area contributed by atoms with Crippen molar-refractivity contribution >= 4 is 38.9 Å². The SMILES string of the molecule is Cc1ccc2c(Cl)c(C(=O)NN)sc2c1. The third kappa shape index (κ3) is 1.71. The molecule has 0 radical (unpaired) electrons. The minimum atomic E-state index is -0.348. The fourth-order valence-corrected chi connectivity index (χ4v) is 2.90. The van der Waals surface area contributed by atoms with E-state index in [1.165, 1.54) is 11.3 Å². The number of carbonyl (C=O) groups excluding carboxylic acids is 1. The first-order chi connectivity index (χ1) is 7.13. The fourth-order valence-electron chi connectivity index (χ4n) is 1.38. The largest absolute Gasteiger partial charge is 0.289 e. The summed E-state index contributed by atoms with van der Waals surface area (Å²) in [5, 5.41) is 1.36. The number of hydrazine groups is 1. The zero-order valence-corrected chi connectivity index (χ0v) is 9.58. The summed E-state index contributed by atoms with van der Waals surface area (Å²) in [4.78, 5) is 11.8. The third-order valence-electron chi connectivity index (χ3n) is 2.12. The number of carbonyl (C=O) groups is 1. The highest BCUT2D eigenvalue weighted by atomic mass is 35.5. The maximum Gasteiger partial charge on any atom is 0.276 e. The molecule has 0 spiro atoms. The number of amides is 1. The molecule has 0 fully saturated rings. The quantitative estimate of drug-likeness (QED) is 0.457. The highest BCUT2D eigenvalue weighted by Gasteiger charge is 2.15. The van der Waals surface area contributed by atoms with Gasteiger partial charge in [0.05, 0.1) is 5.02 Å². The van der Waals surface area contributed by atoms with E-state index in [1.54, 1.807) is 0 Å². The topological polar surface area (TPSA) is 55.1 Å². The van der Waals surface area contributed by atoms with Crippen molar-refractivity contribution in [3.8, 4) is 0 Å². The van der Waals surface area contributed by atoms with E-state index in [4.69, 9.17) is 17.4 Å². The van der Waals surface area contributed by atoms with Gasteiger partial charge in [-0.25, -0.2) is 5.84 Å². The van der Waals surface area contributed by atoms with E-state index in [0.29, 0.717) is 9.90 Å². The number of nitrogens with one attached hydrogen (secondary N) is 1. The molecule has 0 aliphatic carbocycles. The van der Waals surface area contributed by atoms with Crippen molar-refractivity contribution in [1.29, 1.82) is 0 Å². The first-order valence-electron chi connectivity index (χ1n) is 4.33. The van der Waals surface area contributed by atoms with Crippen molar-refractivity contribution in [2.75, 3.05) is 0 Å². The number of nitrogens with two attached hydrogens (primary N) is 1. The normalized spacial score (nSPS) is 10.6. The van der Waals surface area contributed by atoms with Crippen molar-refractivity contribution in [3.05, 3.63) is 33.7 Å². The number of thiophene rings is 1. The summed E-state index contributed by atoms with van der Waals surface area (Å²) >= 11 is 7.42. The second-order valence-electron chi connectivity index (χ2n) is 3.22. The van der Waals surface area contributed by atoms with Crippen LogP contribution < -0.4 is 11.3 Å². The molecule has 0 saturated carbocycles. The van der Waals surface area contributed by atoms with Crippen LogP contribution in [0.25, 0.3) is 10.1 Å². The Balaban J connectivity index is 2.69. The summed E-state index contributed by atoms with van der Waals surface area (Å²) in [7, 11) is 0. The molecule has 1 aromatic heterocycles. The Morgan fingerprint density at radius 1 is 1.53 bits per heavy atom. The van der Waals surface area contributed by atoms with Crippen molar-refractivity contribution < 1.29 is 4.79 Å². The lowest BCUT2D eigenvalue weighted by molar-refractivity contribution is 0.0958. The van der Waals surface area contributed by atoms with Gasteiger partial charge >= 0.3 is 0 Å². The number of hydrogen-bond donors (Lipinski definition) is 2. The van der Waals surface area contributed by atoms with E-state index in [1.807, 2.05) is 25.1 Å². The van der Waals surface area contributed by atoms with E-state index in [2.05, 4.69) is 5.43 Å². The van der Waals surface area contributed by atoms with Gasteiger partial charge in [-0.05, 0) is 18.6 Å². The first kappa shape index (κ1) is 10.4. The van der Waals surface area contributed by atoms with Gasteiger partial charge in [-0.2, -0.15) is 0 Å². The van der Waals surface area contributed by atoms with Gasteiger partial charge < -0.3 is 0 Å². The molecule has 3 N–H and O–H groups in total. The van der Waals surface area contributed by atoms with Crippen molar-refractivity contribution in [2.45, 2.75) is 6.92 Å². The predicted molar refractivity (Wildman–Crippen MR) is 63.2 cm³/mol. The van der Waals surface area contributed by atoms with Crippen LogP contribution in [-0.2, 0) is 0 Å². The van der Waals surface area contributed by atoms with Gasteiger partial charge in [-0.15, -0.1) is 11.3 Å². The molecule has 0 aliphatic heterocycles. The Morgan fingerprint density at radius 2 is 2.27 bits per heavy atom. The highest BCUT2D eigenvalue weighted by molar-refractivity contribution is 7.21. The Kier molecular flexibility index (Phi) is 2.65. The first-order valence-corrected chi connectivity index (χ1v) is 5.52. The van der Waals surface area contributed by atoms with E-state index in [-0.39, 0.29) is 5.91 Å². The second-order valence-corrected chi connectivity index (χ2v) is 4.65. The number of halogens is 1. The minimum Gasteiger partial charge on any atom is -0.289 e. The average Bonchev–Trinajstić information content (AvgIpc) is 2.54. The lowest BCUT2D eigenvalue weighted by Gasteiger charge is -1.94. The smallest absolute Gasteiger partial charge is 0.276 e. The van der Waals surface area contributed by atoms with Crippen LogP contribution in [0.5, 0.6) is 0 Å². The van der Waals surface area contributed by atoms with Gasteiger partial charge in [-0.1, -0.05) is 23.7 Å². The summed E-state index contributed by atoms with van der Waals surface area (Å²) < 4.78 is 0.999. The van der Waals surface area contributed by atoms with E-state index in [0.717, 1.165) is 15.6 Å². The summed E-state index contributed by atoms with van der Waals surface area (Å²) in [6, 6.07) is 5.88. The molecule has 78 valence electrons. The zero-order chi connectivity index (χ0) is 11.0. The molecule has 5 heteroatoms. The summed E-state index contributed by atoms with van der Waals surface area (Å²) in [6.45, 7) is 2.00. The van der Waals surface area contributed by atoms with Gasteiger partial charge in [-0.3, -0.25) is 10.2 Å². The maximum atomic E-state index is 11.4. The third-order valence-corrected chi connectivity index (χ3v) is 3.78. The molecule has 2 aromatic rings. The molecule has 0 aliphatic rings. The van der Waals surface area contributed by atoms with E-state index >= 15 is 0 Å². The van der Waals surface area contributed by atoms with Crippen molar-refractivity contribution in [2.24, 2.45) is 5.84 Å². The molecule has 0 atom stereocenters. The van der Waals surface area contributed by atoms with Gasteiger partial charge in [0.2, 0.25) is 0 Å². The molecular weight excluding hydrogens is 232 g/mol. The summed E-state index contributed by atoms with van der Waals surface area (Å²) in [5.41, 5.74) is 3.22. The molecule has 2 rings (SSSR count). The molecule has 1 amide bonds. The number of hydrogen-bond acceptors (Lipinski definition) is 3. The second kappa shape index (κ2) is 3.81. The number of nitrogen functional groups attached to an aromatic ring is 1. The van der Waals surface area contributed by atoms with Crippen LogP contribution in [0.3, 0.4) is 0 Å². The van der Waals surface area contributed by atoms with Gasteiger partial charge in [0.1, 0.15) is 4.88 Å². The summed E-state index contributed by atoms with van der Waals surface area (Å²) in [5.74, 6) is 4.72. The molecular formula is C10H9ClN2OS. The average molecular weight is 241 g/mol. The molecule has 0 unspecified atom stereocenters. The van der Waals surface area contributed by atoms with Crippen LogP contribution in [0.4, 0.5) is 0 Å².